The lowest BCUT2D eigenvalue weighted by Crippen LogP contribution is -2.45. The van der Waals surface area contributed by atoms with Crippen molar-refractivity contribution in [1.29, 1.82) is 0 Å². The maximum atomic E-state index is 10.5. The van der Waals surface area contributed by atoms with Gasteiger partial charge < -0.3 is 20.5 Å². The molecular weight excluding hydrogens is 172 g/mol. The number of nitrogens with one attached hydrogen (secondary N) is 1. The molecule has 1 saturated heterocycles. The zero-order valence-electron chi connectivity index (χ0n) is 7.79. The van der Waals surface area contributed by atoms with E-state index >= 15 is 0 Å². The largest absolute Gasteiger partial charge is 0.445 e. The van der Waals surface area contributed by atoms with E-state index in [0.717, 1.165) is 13.0 Å². The van der Waals surface area contributed by atoms with Crippen molar-refractivity contribution in [2.75, 3.05) is 26.8 Å². The first-order valence-corrected chi connectivity index (χ1v) is 4.39. The summed E-state index contributed by atoms with van der Waals surface area (Å²) in [6.07, 6.45) is 0.0900. The van der Waals surface area contributed by atoms with Gasteiger partial charge in [-0.25, -0.2) is 4.79 Å². The topological polar surface area (TPSA) is 73.6 Å². The predicted octanol–water partition coefficient (Wildman–Crippen LogP) is -0.294. The van der Waals surface area contributed by atoms with Gasteiger partial charge in [0.2, 0.25) is 0 Å². The summed E-state index contributed by atoms with van der Waals surface area (Å²) in [4.78, 5) is 10.5. The summed E-state index contributed by atoms with van der Waals surface area (Å²) in [6.45, 7) is 2.21. The van der Waals surface area contributed by atoms with Crippen molar-refractivity contribution in [2.45, 2.75) is 12.5 Å². The summed E-state index contributed by atoms with van der Waals surface area (Å²) in [7, 11) is 1.64. The Kier molecular flexibility index (Phi) is 3.98. The van der Waals surface area contributed by atoms with Crippen LogP contribution in [0.2, 0.25) is 0 Å². The second-order valence-electron chi connectivity index (χ2n) is 3.18. The van der Waals surface area contributed by atoms with Crippen molar-refractivity contribution < 1.29 is 14.3 Å². The number of piperidine rings is 1. The summed E-state index contributed by atoms with van der Waals surface area (Å²) in [6, 6.07) is 0. The van der Waals surface area contributed by atoms with Gasteiger partial charge in [0.15, 0.2) is 0 Å². The molecule has 0 bridgehead atoms. The Morgan fingerprint density at radius 3 is 3.08 bits per heavy atom. The van der Waals surface area contributed by atoms with Gasteiger partial charge in [-0.1, -0.05) is 0 Å². The van der Waals surface area contributed by atoms with E-state index in [0.29, 0.717) is 13.2 Å². The van der Waals surface area contributed by atoms with Crippen LogP contribution in [-0.2, 0) is 9.47 Å². The third kappa shape index (κ3) is 3.20. The summed E-state index contributed by atoms with van der Waals surface area (Å²) in [5.74, 6) is 0.263. The maximum absolute atomic E-state index is 10.5. The highest BCUT2D eigenvalue weighted by Crippen LogP contribution is 2.15. The molecule has 5 heteroatoms. The van der Waals surface area contributed by atoms with Crippen LogP contribution in [0.5, 0.6) is 0 Å². The number of ether oxygens (including phenoxy) is 2. The molecule has 1 amide bonds. The summed E-state index contributed by atoms with van der Waals surface area (Å²) < 4.78 is 9.99. The van der Waals surface area contributed by atoms with Gasteiger partial charge in [0.1, 0.15) is 6.10 Å². The number of rotatable bonds is 3. The Hall–Kier alpha value is -0.810. The van der Waals surface area contributed by atoms with Gasteiger partial charge >= 0.3 is 6.09 Å². The summed E-state index contributed by atoms with van der Waals surface area (Å²) >= 11 is 0. The number of nitrogens with two attached hydrogens (primary N) is 1. The van der Waals surface area contributed by atoms with Gasteiger partial charge in [-0.2, -0.15) is 0 Å². The molecule has 2 atom stereocenters. The molecule has 0 aromatic rings. The zero-order valence-corrected chi connectivity index (χ0v) is 7.79. The van der Waals surface area contributed by atoms with E-state index in [9.17, 15) is 4.79 Å². The highest BCUT2D eigenvalue weighted by atomic mass is 16.6. The molecule has 0 spiro atoms. The van der Waals surface area contributed by atoms with E-state index in [4.69, 9.17) is 15.2 Å². The lowest BCUT2D eigenvalue weighted by atomic mass is 9.96. The van der Waals surface area contributed by atoms with Crippen molar-refractivity contribution in [3.63, 3.8) is 0 Å². The smallest absolute Gasteiger partial charge is 0.404 e. The first-order chi connectivity index (χ1) is 6.24. The number of hydrogen-bond donors (Lipinski definition) is 2. The average Bonchev–Trinajstić information content (AvgIpc) is 2.08. The quantitative estimate of drug-likeness (QED) is 0.638. The van der Waals surface area contributed by atoms with Crippen LogP contribution in [-0.4, -0.2) is 39.0 Å². The number of primary amides is 1. The molecule has 3 N–H and O–H groups in total. The second kappa shape index (κ2) is 5.04. The molecule has 0 aromatic carbocycles. The fraction of sp³-hybridized carbons (Fsp3) is 0.875. The molecule has 13 heavy (non-hydrogen) atoms. The minimum absolute atomic E-state index is 0.147. The monoisotopic (exact) mass is 188 g/mol. The van der Waals surface area contributed by atoms with Gasteiger partial charge in [0.05, 0.1) is 6.61 Å². The Morgan fingerprint density at radius 1 is 1.69 bits per heavy atom. The van der Waals surface area contributed by atoms with Crippen LogP contribution in [0.4, 0.5) is 4.79 Å². The second-order valence-corrected chi connectivity index (χ2v) is 3.18. The molecule has 1 fully saturated rings. The normalized spacial score (nSPS) is 28.4. The minimum atomic E-state index is -0.713. The first-order valence-electron chi connectivity index (χ1n) is 4.39. The Bertz CT molecular complexity index is 173. The highest BCUT2D eigenvalue weighted by molar-refractivity contribution is 5.64. The van der Waals surface area contributed by atoms with Crippen LogP contribution in [0, 0.1) is 5.92 Å². The molecule has 0 aromatic heterocycles. The number of hydrogen-bond acceptors (Lipinski definition) is 4. The van der Waals surface area contributed by atoms with Crippen molar-refractivity contribution in [3.05, 3.63) is 0 Å². The van der Waals surface area contributed by atoms with Crippen molar-refractivity contribution in [1.82, 2.24) is 5.32 Å². The Labute approximate surface area is 77.6 Å². The fourth-order valence-electron chi connectivity index (χ4n) is 1.58. The molecule has 2 unspecified atom stereocenters. The SMILES string of the molecule is COCC1CCNCC1OC(N)=O. The third-order valence-electron chi connectivity index (χ3n) is 2.21. The van der Waals surface area contributed by atoms with E-state index in [-0.39, 0.29) is 12.0 Å². The van der Waals surface area contributed by atoms with Crippen LogP contribution in [0.25, 0.3) is 0 Å². The first kappa shape index (κ1) is 10.3. The fourth-order valence-corrected chi connectivity index (χ4v) is 1.58. The molecule has 0 saturated carbocycles. The lowest BCUT2D eigenvalue weighted by molar-refractivity contribution is 0.0158. The van der Waals surface area contributed by atoms with Crippen LogP contribution in [0.1, 0.15) is 6.42 Å². The average molecular weight is 188 g/mol. The van der Waals surface area contributed by atoms with E-state index in [1.165, 1.54) is 0 Å². The van der Waals surface area contributed by atoms with Crippen molar-refractivity contribution >= 4 is 6.09 Å². The van der Waals surface area contributed by atoms with E-state index < -0.39 is 6.09 Å². The van der Waals surface area contributed by atoms with Gasteiger partial charge in [0.25, 0.3) is 0 Å². The van der Waals surface area contributed by atoms with Gasteiger partial charge in [0, 0.05) is 19.6 Å². The lowest BCUT2D eigenvalue weighted by Gasteiger charge is -2.30. The molecule has 5 nitrogen and oxygen atoms in total. The minimum Gasteiger partial charge on any atom is -0.445 e. The molecule has 1 heterocycles. The van der Waals surface area contributed by atoms with Gasteiger partial charge in [-0.05, 0) is 13.0 Å². The van der Waals surface area contributed by atoms with E-state index in [1.54, 1.807) is 7.11 Å². The predicted molar refractivity (Wildman–Crippen MR) is 47.3 cm³/mol. The van der Waals surface area contributed by atoms with E-state index in [2.05, 4.69) is 5.32 Å². The molecule has 0 aliphatic carbocycles. The summed E-state index contributed by atoms with van der Waals surface area (Å²) in [5.41, 5.74) is 4.95. The number of amides is 1. The third-order valence-corrected chi connectivity index (χ3v) is 2.21. The molecular formula is C8H16N2O3. The summed E-state index contributed by atoms with van der Waals surface area (Å²) in [5, 5.41) is 3.14. The van der Waals surface area contributed by atoms with Crippen molar-refractivity contribution in [2.24, 2.45) is 11.7 Å². The number of methoxy groups -OCH3 is 1. The van der Waals surface area contributed by atoms with Crippen LogP contribution >= 0.6 is 0 Å². The molecule has 1 aliphatic rings. The number of carbonyl (C=O) groups excluding carboxylic acids is 1. The van der Waals surface area contributed by atoms with Crippen LogP contribution < -0.4 is 11.1 Å². The molecule has 1 aliphatic heterocycles. The zero-order chi connectivity index (χ0) is 9.68. The van der Waals surface area contributed by atoms with Gasteiger partial charge in [-0.3, -0.25) is 0 Å². The van der Waals surface area contributed by atoms with Crippen molar-refractivity contribution in [3.8, 4) is 0 Å². The maximum Gasteiger partial charge on any atom is 0.404 e. The highest BCUT2D eigenvalue weighted by Gasteiger charge is 2.27. The molecule has 0 radical (unpaired) electrons. The molecule has 76 valence electrons. The van der Waals surface area contributed by atoms with Crippen LogP contribution in [0.15, 0.2) is 0 Å². The Morgan fingerprint density at radius 2 is 2.46 bits per heavy atom. The van der Waals surface area contributed by atoms with Crippen LogP contribution in [0.3, 0.4) is 0 Å². The number of carbonyl (C=O) groups is 1. The standard InChI is InChI=1S/C8H16N2O3/c1-12-5-6-2-3-10-4-7(6)13-8(9)11/h6-7,10H,2-5H2,1H3,(H2,9,11). The van der Waals surface area contributed by atoms with E-state index in [1.807, 2.05) is 0 Å². The van der Waals surface area contributed by atoms with Gasteiger partial charge in [-0.15, -0.1) is 0 Å². The molecule has 1 rings (SSSR count). The Balaban J connectivity index is 2.41.